The predicted molar refractivity (Wildman–Crippen MR) is 49.9 cm³/mol. The lowest BCUT2D eigenvalue weighted by Gasteiger charge is -2.25. The minimum Gasteiger partial charge on any atom is -0.374 e. The van der Waals surface area contributed by atoms with E-state index < -0.39 is 0 Å². The normalized spacial score (nSPS) is 26.4. The van der Waals surface area contributed by atoms with Gasteiger partial charge in [-0.15, -0.1) is 5.92 Å². The van der Waals surface area contributed by atoms with Gasteiger partial charge in [-0.1, -0.05) is 5.92 Å². The van der Waals surface area contributed by atoms with E-state index in [4.69, 9.17) is 4.74 Å². The van der Waals surface area contributed by atoms with Gasteiger partial charge in [0.2, 0.25) is 0 Å². The zero-order valence-corrected chi connectivity index (χ0v) is 8.11. The van der Waals surface area contributed by atoms with Crippen molar-refractivity contribution in [3.8, 4) is 11.8 Å². The quantitative estimate of drug-likeness (QED) is 0.623. The van der Waals surface area contributed by atoms with E-state index in [1.165, 1.54) is 0 Å². The highest BCUT2D eigenvalue weighted by Crippen LogP contribution is 2.24. The number of nitrogens with one attached hydrogen (secondary N) is 1. The van der Waals surface area contributed by atoms with Gasteiger partial charge in [-0.05, 0) is 27.2 Å². The minimum absolute atomic E-state index is 0.0184. The summed E-state index contributed by atoms with van der Waals surface area (Å²) >= 11 is 0. The Kier molecular flexibility index (Phi) is 3.13. The van der Waals surface area contributed by atoms with Gasteiger partial charge in [-0.2, -0.15) is 0 Å². The van der Waals surface area contributed by atoms with Crippen LogP contribution >= 0.6 is 0 Å². The van der Waals surface area contributed by atoms with Crippen LogP contribution in [0, 0.1) is 11.8 Å². The van der Waals surface area contributed by atoms with Crippen LogP contribution in [0.1, 0.15) is 27.2 Å². The zero-order valence-electron chi connectivity index (χ0n) is 8.11. The molecule has 1 rings (SSSR count). The van der Waals surface area contributed by atoms with E-state index in [0.717, 1.165) is 19.6 Å². The molecule has 1 saturated heterocycles. The molecule has 0 spiro atoms. The Balaban J connectivity index is 2.35. The van der Waals surface area contributed by atoms with Crippen LogP contribution in [-0.2, 0) is 4.74 Å². The first-order valence-corrected chi connectivity index (χ1v) is 4.44. The fourth-order valence-corrected chi connectivity index (χ4v) is 1.50. The van der Waals surface area contributed by atoms with Crippen molar-refractivity contribution in [1.82, 2.24) is 5.32 Å². The Labute approximate surface area is 74.7 Å². The Hall–Kier alpha value is -0.520. The van der Waals surface area contributed by atoms with E-state index in [2.05, 4.69) is 31.0 Å². The highest BCUT2D eigenvalue weighted by atomic mass is 16.5. The third kappa shape index (κ3) is 2.23. The third-order valence-electron chi connectivity index (χ3n) is 2.33. The Morgan fingerprint density at radius 1 is 1.58 bits per heavy atom. The molecule has 68 valence electrons. The van der Waals surface area contributed by atoms with Crippen molar-refractivity contribution in [2.24, 2.45) is 0 Å². The van der Waals surface area contributed by atoms with E-state index in [0.29, 0.717) is 6.04 Å². The van der Waals surface area contributed by atoms with Gasteiger partial charge in [0.05, 0.1) is 12.1 Å². The van der Waals surface area contributed by atoms with Crippen LogP contribution in [0.15, 0.2) is 0 Å². The van der Waals surface area contributed by atoms with Crippen LogP contribution < -0.4 is 5.32 Å². The van der Waals surface area contributed by atoms with Crippen LogP contribution in [0.2, 0.25) is 0 Å². The van der Waals surface area contributed by atoms with Gasteiger partial charge in [0.1, 0.15) is 0 Å². The molecule has 0 aliphatic carbocycles. The van der Waals surface area contributed by atoms with Crippen molar-refractivity contribution < 1.29 is 4.74 Å². The van der Waals surface area contributed by atoms with Crippen LogP contribution in [0.3, 0.4) is 0 Å². The molecule has 0 aromatic rings. The van der Waals surface area contributed by atoms with Crippen molar-refractivity contribution in [3.63, 3.8) is 0 Å². The van der Waals surface area contributed by atoms with Gasteiger partial charge in [-0.25, -0.2) is 0 Å². The molecular formula is C10H17NO. The first-order valence-electron chi connectivity index (χ1n) is 4.44. The van der Waals surface area contributed by atoms with E-state index >= 15 is 0 Å². The summed E-state index contributed by atoms with van der Waals surface area (Å²) in [7, 11) is 0. The predicted octanol–water partition coefficient (Wildman–Crippen LogP) is 1.17. The lowest BCUT2D eigenvalue weighted by molar-refractivity contribution is 0.0224. The molecule has 2 nitrogen and oxygen atoms in total. The van der Waals surface area contributed by atoms with E-state index in [-0.39, 0.29) is 5.60 Å². The monoisotopic (exact) mass is 167 g/mol. The first-order chi connectivity index (χ1) is 5.67. The molecule has 0 amide bonds. The highest BCUT2D eigenvalue weighted by molar-refractivity contribution is 5.00. The van der Waals surface area contributed by atoms with Gasteiger partial charge in [0, 0.05) is 12.6 Å². The molecular weight excluding hydrogens is 150 g/mol. The lowest BCUT2D eigenvalue weighted by Crippen LogP contribution is -2.43. The maximum atomic E-state index is 5.57. The second kappa shape index (κ2) is 3.93. The summed E-state index contributed by atoms with van der Waals surface area (Å²) in [4.78, 5) is 0. The Morgan fingerprint density at radius 2 is 2.33 bits per heavy atom. The van der Waals surface area contributed by atoms with Crippen molar-refractivity contribution >= 4 is 0 Å². The molecule has 1 fully saturated rings. The van der Waals surface area contributed by atoms with E-state index in [9.17, 15) is 0 Å². The number of hydrogen-bond acceptors (Lipinski definition) is 2. The molecule has 0 saturated carbocycles. The van der Waals surface area contributed by atoms with Crippen LogP contribution in [-0.4, -0.2) is 24.8 Å². The average Bonchev–Trinajstić information content (AvgIpc) is 2.32. The fraction of sp³-hybridized carbons (Fsp3) is 0.800. The second-order valence-electron chi connectivity index (χ2n) is 3.60. The summed E-state index contributed by atoms with van der Waals surface area (Å²) in [6.07, 6.45) is 1.10. The molecule has 1 heterocycles. The molecule has 1 aliphatic rings. The van der Waals surface area contributed by atoms with E-state index in [1.54, 1.807) is 0 Å². The average molecular weight is 167 g/mol. The topological polar surface area (TPSA) is 21.3 Å². The first kappa shape index (κ1) is 9.57. The van der Waals surface area contributed by atoms with Crippen LogP contribution in [0.4, 0.5) is 0 Å². The molecule has 0 radical (unpaired) electrons. The summed E-state index contributed by atoms with van der Waals surface area (Å²) in [5.74, 6) is 5.86. The van der Waals surface area contributed by atoms with Crippen LogP contribution in [0.5, 0.6) is 0 Å². The number of ether oxygens (including phenoxy) is 1. The molecule has 1 N–H and O–H groups in total. The van der Waals surface area contributed by atoms with Crippen molar-refractivity contribution in [3.05, 3.63) is 0 Å². The molecule has 1 aliphatic heterocycles. The van der Waals surface area contributed by atoms with Crippen molar-refractivity contribution in [2.75, 3.05) is 13.2 Å². The maximum absolute atomic E-state index is 5.57. The fourth-order valence-electron chi connectivity index (χ4n) is 1.50. The Morgan fingerprint density at radius 3 is 2.83 bits per heavy atom. The number of hydrogen-bond donors (Lipinski definition) is 1. The molecule has 2 heteroatoms. The standard InChI is InChI=1S/C10H17NO/c1-4-5-7-11-9-6-8-12-10(9,2)3/h9,11H,6-8H2,1-3H3. The summed E-state index contributed by atoms with van der Waals surface area (Å²) in [5, 5.41) is 3.37. The van der Waals surface area contributed by atoms with Crippen molar-refractivity contribution in [1.29, 1.82) is 0 Å². The van der Waals surface area contributed by atoms with Gasteiger partial charge < -0.3 is 10.1 Å². The third-order valence-corrected chi connectivity index (χ3v) is 2.33. The Bertz CT molecular complexity index is 200. The molecule has 0 bridgehead atoms. The second-order valence-corrected chi connectivity index (χ2v) is 3.60. The zero-order chi connectivity index (χ0) is 9.03. The molecule has 0 aromatic carbocycles. The lowest BCUT2D eigenvalue weighted by atomic mass is 9.99. The SMILES string of the molecule is CC#CCNC1CCOC1(C)C. The summed E-state index contributed by atoms with van der Waals surface area (Å²) in [6, 6.07) is 0.457. The highest BCUT2D eigenvalue weighted by Gasteiger charge is 2.34. The van der Waals surface area contributed by atoms with E-state index in [1.807, 2.05) is 6.92 Å². The minimum atomic E-state index is -0.0184. The van der Waals surface area contributed by atoms with Gasteiger partial charge >= 0.3 is 0 Å². The summed E-state index contributed by atoms with van der Waals surface area (Å²) in [5.41, 5.74) is -0.0184. The summed E-state index contributed by atoms with van der Waals surface area (Å²) in [6.45, 7) is 7.74. The van der Waals surface area contributed by atoms with Gasteiger partial charge in [-0.3, -0.25) is 0 Å². The van der Waals surface area contributed by atoms with Gasteiger partial charge in [0.15, 0.2) is 0 Å². The molecule has 0 aromatic heterocycles. The number of rotatable bonds is 2. The van der Waals surface area contributed by atoms with Crippen LogP contribution in [0.25, 0.3) is 0 Å². The molecule has 1 atom stereocenters. The molecule has 1 unspecified atom stereocenters. The maximum Gasteiger partial charge on any atom is 0.0779 e. The smallest absolute Gasteiger partial charge is 0.0779 e. The van der Waals surface area contributed by atoms with Crippen molar-refractivity contribution in [2.45, 2.75) is 38.8 Å². The largest absolute Gasteiger partial charge is 0.374 e. The summed E-state index contributed by atoms with van der Waals surface area (Å²) < 4.78 is 5.57. The molecule has 12 heavy (non-hydrogen) atoms. The van der Waals surface area contributed by atoms with Gasteiger partial charge in [0.25, 0.3) is 0 Å².